The van der Waals surface area contributed by atoms with Crippen molar-refractivity contribution in [2.24, 2.45) is 0 Å². The van der Waals surface area contributed by atoms with E-state index < -0.39 is 0 Å². The Morgan fingerprint density at radius 3 is 2.59 bits per heavy atom. The van der Waals surface area contributed by atoms with Crippen LogP contribution < -0.4 is 4.90 Å². The number of benzene rings is 1. The zero-order chi connectivity index (χ0) is 18.6. The lowest BCUT2D eigenvalue weighted by atomic mass is 10.2. The first-order valence-corrected chi connectivity index (χ1v) is 9.87. The van der Waals surface area contributed by atoms with Crippen LogP contribution in [0.4, 0.5) is 9.52 Å². The summed E-state index contributed by atoms with van der Waals surface area (Å²) >= 11 is 1.60. The minimum absolute atomic E-state index is 0.221. The van der Waals surface area contributed by atoms with E-state index in [1.807, 2.05) is 6.92 Å². The third-order valence-electron chi connectivity index (χ3n) is 4.55. The Bertz CT molecular complexity index is 872. The molecule has 7 nitrogen and oxygen atoms in total. The molecule has 3 heterocycles. The van der Waals surface area contributed by atoms with E-state index in [9.17, 15) is 4.39 Å². The molecule has 9 heteroatoms. The molecule has 27 heavy (non-hydrogen) atoms. The summed E-state index contributed by atoms with van der Waals surface area (Å²) in [5, 5.41) is 14.5. The first kappa shape index (κ1) is 18.0. The Balaban J connectivity index is 1.30. The number of rotatable bonds is 6. The third kappa shape index (κ3) is 4.48. The molecule has 0 amide bonds. The van der Waals surface area contributed by atoms with Crippen LogP contribution in [-0.4, -0.2) is 51.4 Å². The zero-order valence-electron chi connectivity index (χ0n) is 15.1. The number of anilines is 1. The third-order valence-corrected chi connectivity index (χ3v) is 5.53. The first-order valence-electron chi connectivity index (χ1n) is 9.05. The molecule has 0 N–H and O–H groups in total. The fourth-order valence-electron chi connectivity index (χ4n) is 3.02. The van der Waals surface area contributed by atoms with E-state index >= 15 is 0 Å². The molecule has 1 aliphatic rings. The molecule has 3 aromatic rings. The van der Waals surface area contributed by atoms with E-state index in [0.29, 0.717) is 18.9 Å². The topological polar surface area (TPSA) is 71.2 Å². The smallest absolute Gasteiger partial charge is 0.226 e. The monoisotopic (exact) mass is 388 g/mol. The van der Waals surface area contributed by atoms with Crippen molar-refractivity contribution in [1.29, 1.82) is 0 Å². The second-order valence-electron chi connectivity index (χ2n) is 6.50. The van der Waals surface area contributed by atoms with Crippen LogP contribution in [0.3, 0.4) is 0 Å². The predicted octanol–water partition coefficient (Wildman–Crippen LogP) is 2.54. The molecule has 1 fully saturated rings. The number of nitrogens with zero attached hydrogens (tertiary/aromatic N) is 6. The highest BCUT2D eigenvalue weighted by molar-refractivity contribution is 7.15. The minimum atomic E-state index is -0.221. The van der Waals surface area contributed by atoms with Crippen molar-refractivity contribution in [2.45, 2.75) is 26.3 Å². The van der Waals surface area contributed by atoms with Crippen molar-refractivity contribution in [3.05, 3.63) is 52.4 Å². The highest BCUT2D eigenvalue weighted by Crippen LogP contribution is 2.24. The van der Waals surface area contributed by atoms with Gasteiger partial charge in [-0.05, 0) is 17.7 Å². The molecule has 1 saturated heterocycles. The summed E-state index contributed by atoms with van der Waals surface area (Å²) in [5.74, 6) is 1.21. The van der Waals surface area contributed by atoms with Crippen LogP contribution in [0.25, 0.3) is 0 Å². The second-order valence-corrected chi connectivity index (χ2v) is 7.54. The molecule has 142 valence electrons. The summed E-state index contributed by atoms with van der Waals surface area (Å²) in [7, 11) is 0. The Labute approximate surface area is 160 Å². The van der Waals surface area contributed by atoms with E-state index in [2.05, 4.69) is 30.1 Å². The van der Waals surface area contributed by atoms with E-state index in [1.54, 1.807) is 23.5 Å². The van der Waals surface area contributed by atoms with Crippen molar-refractivity contribution in [1.82, 2.24) is 25.2 Å². The summed E-state index contributed by atoms with van der Waals surface area (Å²) in [6.07, 6.45) is 1.44. The van der Waals surface area contributed by atoms with Crippen LogP contribution in [0.5, 0.6) is 0 Å². The van der Waals surface area contributed by atoms with Crippen LogP contribution in [-0.2, 0) is 19.4 Å². The van der Waals surface area contributed by atoms with E-state index in [0.717, 1.165) is 54.1 Å². The highest BCUT2D eigenvalue weighted by atomic mass is 32.1. The first-order chi connectivity index (χ1) is 13.2. The minimum Gasteiger partial charge on any atom is -0.344 e. The number of aromatic nitrogens is 4. The molecule has 0 saturated carbocycles. The average Bonchev–Trinajstić information content (AvgIpc) is 3.34. The summed E-state index contributed by atoms with van der Waals surface area (Å²) < 4.78 is 18.2. The standard InChI is InChI=1S/C18H21FN6OS/c1-2-16-20-15(23-26-16)12-24-7-9-25(10-8-24)18-22-21-17(27-18)11-13-3-5-14(19)6-4-13/h3-6H,2,7-12H2,1H3. The molecule has 0 unspecified atom stereocenters. The van der Waals surface area contributed by atoms with Crippen LogP contribution in [0.2, 0.25) is 0 Å². The van der Waals surface area contributed by atoms with Crippen molar-refractivity contribution < 1.29 is 8.91 Å². The number of halogens is 1. The number of hydrogen-bond donors (Lipinski definition) is 0. The van der Waals surface area contributed by atoms with Crippen LogP contribution in [0.15, 0.2) is 28.8 Å². The molecule has 4 rings (SSSR count). The quantitative estimate of drug-likeness (QED) is 0.643. The van der Waals surface area contributed by atoms with Crippen molar-refractivity contribution in [2.75, 3.05) is 31.1 Å². The van der Waals surface area contributed by atoms with Gasteiger partial charge in [0, 0.05) is 39.0 Å². The van der Waals surface area contributed by atoms with E-state index in [1.165, 1.54) is 12.1 Å². The Hall–Kier alpha value is -2.39. The highest BCUT2D eigenvalue weighted by Gasteiger charge is 2.21. The molecule has 0 atom stereocenters. The van der Waals surface area contributed by atoms with Crippen molar-refractivity contribution >= 4 is 16.5 Å². The Kier molecular flexibility index (Phi) is 5.40. The number of piperazine rings is 1. The molecule has 0 spiro atoms. The van der Waals surface area contributed by atoms with E-state index in [4.69, 9.17) is 4.52 Å². The van der Waals surface area contributed by atoms with Crippen LogP contribution in [0, 0.1) is 5.82 Å². The maximum Gasteiger partial charge on any atom is 0.226 e. The van der Waals surface area contributed by atoms with Gasteiger partial charge < -0.3 is 9.42 Å². The lowest BCUT2D eigenvalue weighted by Gasteiger charge is -2.33. The summed E-state index contributed by atoms with van der Waals surface area (Å²) in [6.45, 7) is 6.34. The maximum atomic E-state index is 13.0. The Morgan fingerprint density at radius 1 is 1.11 bits per heavy atom. The molecule has 1 aliphatic heterocycles. The van der Waals surface area contributed by atoms with Gasteiger partial charge >= 0.3 is 0 Å². The van der Waals surface area contributed by atoms with Gasteiger partial charge in [-0.1, -0.05) is 35.5 Å². The molecule has 0 bridgehead atoms. The van der Waals surface area contributed by atoms with Gasteiger partial charge in [0.2, 0.25) is 11.0 Å². The number of aryl methyl sites for hydroxylation is 1. The van der Waals surface area contributed by atoms with Gasteiger partial charge in [-0.2, -0.15) is 4.98 Å². The number of hydrogen-bond acceptors (Lipinski definition) is 8. The fourth-order valence-corrected chi connectivity index (χ4v) is 3.94. The van der Waals surface area contributed by atoms with Crippen molar-refractivity contribution in [3.63, 3.8) is 0 Å². The average molecular weight is 388 g/mol. The second kappa shape index (κ2) is 8.10. The van der Waals surface area contributed by atoms with Gasteiger partial charge in [-0.15, -0.1) is 10.2 Å². The molecular formula is C18H21FN6OS. The normalized spacial score (nSPS) is 15.4. The van der Waals surface area contributed by atoms with Gasteiger partial charge in [0.15, 0.2) is 5.82 Å². The van der Waals surface area contributed by atoms with Gasteiger partial charge in [0.1, 0.15) is 10.8 Å². The van der Waals surface area contributed by atoms with Gasteiger partial charge in [0.05, 0.1) is 6.54 Å². The maximum absolute atomic E-state index is 13.0. The van der Waals surface area contributed by atoms with Gasteiger partial charge in [0.25, 0.3) is 0 Å². The van der Waals surface area contributed by atoms with Crippen LogP contribution >= 0.6 is 11.3 Å². The molecule has 0 radical (unpaired) electrons. The molecule has 2 aromatic heterocycles. The molecule has 1 aromatic carbocycles. The van der Waals surface area contributed by atoms with Crippen molar-refractivity contribution in [3.8, 4) is 0 Å². The van der Waals surface area contributed by atoms with Gasteiger partial charge in [-0.3, -0.25) is 4.90 Å². The predicted molar refractivity (Wildman–Crippen MR) is 100 cm³/mol. The molecule has 0 aliphatic carbocycles. The lowest BCUT2D eigenvalue weighted by molar-refractivity contribution is 0.240. The van der Waals surface area contributed by atoms with Crippen LogP contribution in [0.1, 0.15) is 29.2 Å². The molecular weight excluding hydrogens is 367 g/mol. The summed E-state index contributed by atoms with van der Waals surface area (Å²) in [5.41, 5.74) is 1.04. The largest absolute Gasteiger partial charge is 0.344 e. The summed E-state index contributed by atoms with van der Waals surface area (Å²) in [6, 6.07) is 6.53. The van der Waals surface area contributed by atoms with Gasteiger partial charge in [-0.25, -0.2) is 4.39 Å². The summed E-state index contributed by atoms with van der Waals surface area (Å²) in [4.78, 5) is 8.95. The SMILES string of the molecule is CCc1nc(CN2CCN(c3nnc(Cc4ccc(F)cc4)s3)CC2)no1. The lowest BCUT2D eigenvalue weighted by Crippen LogP contribution is -2.46. The van der Waals surface area contributed by atoms with E-state index in [-0.39, 0.29) is 5.82 Å². The Morgan fingerprint density at radius 2 is 1.89 bits per heavy atom. The zero-order valence-corrected chi connectivity index (χ0v) is 16.0. The fraction of sp³-hybridized carbons (Fsp3) is 0.444.